The summed E-state index contributed by atoms with van der Waals surface area (Å²) in [6.45, 7) is 2.00. The molecule has 2 nitrogen and oxygen atoms in total. The first-order chi connectivity index (χ1) is 9.52. The Morgan fingerprint density at radius 1 is 1.35 bits per heavy atom. The highest BCUT2D eigenvalue weighted by molar-refractivity contribution is 9.10. The first-order valence-corrected chi connectivity index (χ1v) is 7.35. The minimum atomic E-state index is -0.313. The molecule has 0 amide bonds. The number of nitrogens with one attached hydrogen (secondary N) is 1. The second-order valence-corrected chi connectivity index (χ2v) is 5.89. The van der Waals surface area contributed by atoms with Gasteiger partial charge in [-0.3, -0.25) is 11.3 Å². The lowest BCUT2D eigenvalue weighted by Gasteiger charge is -2.18. The van der Waals surface area contributed by atoms with Crippen LogP contribution in [0.2, 0.25) is 5.02 Å². The van der Waals surface area contributed by atoms with Crippen LogP contribution in [-0.2, 0) is 6.42 Å². The van der Waals surface area contributed by atoms with Crippen LogP contribution in [0, 0.1) is 12.7 Å². The second kappa shape index (κ2) is 6.68. The predicted octanol–water partition coefficient (Wildman–Crippen LogP) is 4.30. The molecule has 0 fully saturated rings. The summed E-state index contributed by atoms with van der Waals surface area (Å²) >= 11 is 9.52. The number of halogens is 3. The number of benzene rings is 2. The van der Waals surface area contributed by atoms with E-state index in [1.807, 2.05) is 25.1 Å². The fourth-order valence-electron chi connectivity index (χ4n) is 2.09. The summed E-state index contributed by atoms with van der Waals surface area (Å²) in [5.41, 5.74) is 5.29. The molecule has 5 heteroatoms. The van der Waals surface area contributed by atoms with Gasteiger partial charge in [0.1, 0.15) is 5.82 Å². The molecule has 0 saturated carbocycles. The molecule has 20 heavy (non-hydrogen) atoms. The third-order valence-corrected chi connectivity index (χ3v) is 4.50. The maximum Gasteiger partial charge on any atom is 0.127 e. The van der Waals surface area contributed by atoms with Crippen molar-refractivity contribution in [2.45, 2.75) is 19.4 Å². The minimum absolute atomic E-state index is 0.198. The highest BCUT2D eigenvalue weighted by atomic mass is 79.9. The van der Waals surface area contributed by atoms with Crippen molar-refractivity contribution < 1.29 is 4.39 Å². The van der Waals surface area contributed by atoms with Crippen LogP contribution in [0.5, 0.6) is 0 Å². The molecule has 2 aromatic carbocycles. The Balaban J connectivity index is 2.31. The number of hydrazine groups is 1. The van der Waals surface area contributed by atoms with E-state index in [0.717, 1.165) is 15.6 Å². The summed E-state index contributed by atoms with van der Waals surface area (Å²) in [6.07, 6.45) is 0.392. The van der Waals surface area contributed by atoms with Crippen LogP contribution in [0.4, 0.5) is 4.39 Å². The summed E-state index contributed by atoms with van der Waals surface area (Å²) in [4.78, 5) is 0. The van der Waals surface area contributed by atoms with E-state index in [1.54, 1.807) is 12.1 Å². The van der Waals surface area contributed by atoms with Gasteiger partial charge in [0.05, 0.1) is 6.04 Å². The number of hydrogen-bond acceptors (Lipinski definition) is 2. The maximum atomic E-state index is 13.8. The van der Waals surface area contributed by atoms with Gasteiger partial charge in [0.25, 0.3) is 0 Å². The van der Waals surface area contributed by atoms with Crippen LogP contribution >= 0.6 is 27.5 Å². The van der Waals surface area contributed by atoms with Crippen molar-refractivity contribution in [3.8, 4) is 0 Å². The van der Waals surface area contributed by atoms with Crippen molar-refractivity contribution in [1.29, 1.82) is 0 Å². The average molecular weight is 358 g/mol. The van der Waals surface area contributed by atoms with Gasteiger partial charge in [-0.1, -0.05) is 45.7 Å². The highest BCUT2D eigenvalue weighted by Crippen LogP contribution is 2.27. The van der Waals surface area contributed by atoms with Crippen LogP contribution in [0.3, 0.4) is 0 Å². The van der Waals surface area contributed by atoms with Crippen LogP contribution in [0.15, 0.2) is 40.9 Å². The Bertz CT molecular complexity index is 599. The molecule has 3 N–H and O–H groups in total. The number of hydrogen-bond donors (Lipinski definition) is 2. The fourth-order valence-corrected chi connectivity index (χ4v) is 2.58. The monoisotopic (exact) mass is 356 g/mol. The fraction of sp³-hybridized carbons (Fsp3) is 0.200. The van der Waals surface area contributed by atoms with E-state index in [-0.39, 0.29) is 11.9 Å². The van der Waals surface area contributed by atoms with Crippen LogP contribution < -0.4 is 11.3 Å². The Morgan fingerprint density at radius 2 is 2.10 bits per heavy atom. The molecule has 0 aliphatic heterocycles. The maximum absolute atomic E-state index is 13.8. The molecule has 0 heterocycles. The summed E-state index contributed by atoms with van der Waals surface area (Å²) in [5.74, 6) is 5.30. The molecule has 0 radical (unpaired) electrons. The molecule has 0 saturated heterocycles. The number of aryl methyl sites for hydroxylation is 1. The van der Waals surface area contributed by atoms with Crippen LogP contribution in [0.25, 0.3) is 0 Å². The summed E-state index contributed by atoms with van der Waals surface area (Å²) in [7, 11) is 0. The van der Waals surface area contributed by atoms with Crippen molar-refractivity contribution in [3.63, 3.8) is 0 Å². The number of nitrogens with two attached hydrogens (primary N) is 1. The van der Waals surface area contributed by atoms with Gasteiger partial charge in [-0.15, -0.1) is 0 Å². The highest BCUT2D eigenvalue weighted by Gasteiger charge is 2.16. The van der Waals surface area contributed by atoms with Gasteiger partial charge < -0.3 is 0 Å². The zero-order chi connectivity index (χ0) is 14.7. The lowest BCUT2D eigenvalue weighted by Crippen LogP contribution is -2.30. The molecule has 0 bridgehead atoms. The van der Waals surface area contributed by atoms with Gasteiger partial charge in [-0.25, -0.2) is 4.39 Å². The van der Waals surface area contributed by atoms with E-state index in [1.165, 1.54) is 6.07 Å². The molecule has 2 aromatic rings. The zero-order valence-corrected chi connectivity index (χ0v) is 13.3. The van der Waals surface area contributed by atoms with Crippen molar-refractivity contribution in [3.05, 3.63) is 68.4 Å². The zero-order valence-electron chi connectivity index (χ0n) is 11.0. The lowest BCUT2D eigenvalue weighted by atomic mass is 9.98. The van der Waals surface area contributed by atoms with Gasteiger partial charge >= 0.3 is 0 Å². The summed E-state index contributed by atoms with van der Waals surface area (Å²) < 4.78 is 14.9. The van der Waals surface area contributed by atoms with Gasteiger partial charge in [-0.2, -0.15) is 0 Å². The summed E-state index contributed by atoms with van der Waals surface area (Å²) in [6, 6.07) is 10.4. The van der Waals surface area contributed by atoms with E-state index in [4.69, 9.17) is 17.4 Å². The third kappa shape index (κ3) is 3.38. The predicted molar refractivity (Wildman–Crippen MR) is 84.1 cm³/mol. The number of rotatable bonds is 4. The van der Waals surface area contributed by atoms with Gasteiger partial charge in [0, 0.05) is 15.1 Å². The van der Waals surface area contributed by atoms with E-state index in [2.05, 4.69) is 21.4 Å². The first kappa shape index (κ1) is 15.4. The van der Waals surface area contributed by atoms with E-state index in [9.17, 15) is 4.39 Å². The average Bonchev–Trinajstić information content (AvgIpc) is 2.42. The topological polar surface area (TPSA) is 38.0 Å². The Kier molecular flexibility index (Phi) is 5.16. The van der Waals surface area contributed by atoms with E-state index < -0.39 is 0 Å². The first-order valence-electron chi connectivity index (χ1n) is 6.18. The lowest BCUT2D eigenvalue weighted by molar-refractivity contribution is 0.529. The minimum Gasteiger partial charge on any atom is -0.271 e. The molecular formula is C15H15BrClFN2. The Morgan fingerprint density at radius 3 is 2.70 bits per heavy atom. The molecule has 0 aliphatic carbocycles. The molecule has 1 unspecified atom stereocenters. The van der Waals surface area contributed by atoms with Crippen LogP contribution in [0.1, 0.15) is 22.7 Å². The Labute approximate surface area is 131 Å². The molecule has 0 spiro atoms. The molecule has 2 rings (SSSR count). The van der Waals surface area contributed by atoms with Gasteiger partial charge in [-0.05, 0) is 42.7 Å². The third-order valence-electron chi connectivity index (χ3n) is 3.26. The summed E-state index contributed by atoms with van der Waals surface area (Å²) in [5, 5.41) is 0.416. The largest absolute Gasteiger partial charge is 0.271 e. The van der Waals surface area contributed by atoms with E-state index >= 15 is 0 Å². The molecule has 0 aromatic heterocycles. The van der Waals surface area contributed by atoms with Crippen LogP contribution in [-0.4, -0.2) is 0 Å². The second-order valence-electron chi connectivity index (χ2n) is 4.63. The smallest absolute Gasteiger partial charge is 0.127 e. The SMILES string of the molecule is Cc1cc(C(Cc2c(F)cccc2Cl)NN)ccc1Br. The molecule has 1 atom stereocenters. The van der Waals surface area contributed by atoms with Gasteiger partial charge in [0.15, 0.2) is 0 Å². The molecular weight excluding hydrogens is 343 g/mol. The normalized spacial score (nSPS) is 12.4. The standard InChI is InChI=1S/C15H15BrClFN2/c1-9-7-10(5-6-12(9)16)15(20-19)8-11-13(17)3-2-4-14(11)18/h2-7,15,20H,8,19H2,1H3. The van der Waals surface area contributed by atoms with Crippen molar-refractivity contribution >= 4 is 27.5 Å². The van der Waals surface area contributed by atoms with Crippen molar-refractivity contribution in [2.24, 2.45) is 5.84 Å². The Hall–Kier alpha value is -0.940. The van der Waals surface area contributed by atoms with Crippen molar-refractivity contribution in [1.82, 2.24) is 5.43 Å². The quantitative estimate of drug-likeness (QED) is 0.632. The van der Waals surface area contributed by atoms with Gasteiger partial charge in [0.2, 0.25) is 0 Å². The molecule has 0 aliphatic rings. The van der Waals surface area contributed by atoms with Crippen molar-refractivity contribution in [2.75, 3.05) is 0 Å². The van der Waals surface area contributed by atoms with E-state index in [0.29, 0.717) is 17.0 Å². The molecule has 106 valence electrons.